The molecule has 0 aliphatic carbocycles. The lowest BCUT2D eigenvalue weighted by Crippen LogP contribution is -2.24. The highest BCUT2D eigenvalue weighted by molar-refractivity contribution is 5.99. The topological polar surface area (TPSA) is 75.4 Å². The molecule has 6 heteroatoms. The van der Waals surface area contributed by atoms with Crippen LogP contribution in [0.15, 0.2) is 48.5 Å². The molecular weight excluding hydrogens is 338 g/mol. The van der Waals surface area contributed by atoms with Gasteiger partial charge < -0.3 is 16.0 Å². The Labute approximate surface area is 154 Å². The molecule has 0 radical (unpaired) electrons. The van der Waals surface area contributed by atoms with Crippen LogP contribution in [0.1, 0.15) is 33.9 Å². The van der Waals surface area contributed by atoms with Gasteiger partial charge >= 0.3 is 0 Å². The van der Waals surface area contributed by atoms with Crippen LogP contribution < -0.4 is 11.1 Å². The van der Waals surface area contributed by atoms with Crippen molar-refractivity contribution in [2.45, 2.75) is 19.4 Å². The molecule has 2 rings (SSSR count). The molecule has 0 saturated heterocycles. The summed E-state index contributed by atoms with van der Waals surface area (Å²) in [5.74, 6) is -0.270. The molecule has 0 aromatic heterocycles. The molecule has 2 amide bonds. The van der Waals surface area contributed by atoms with E-state index in [0.717, 1.165) is 11.1 Å². The Hall–Kier alpha value is -2.37. The minimum atomic E-state index is -0.363. The average Bonchev–Trinajstić information content (AvgIpc) is 2.56. The number of carbonyl (C=O) groups is 2. The largest absolute Gasteiger partial charge is 0.345 e. The molecule has 0 bridgehead atoms. The first kappa shape index (κ1) is 20.7. The van der Waals surface area contributed by atoms with Crippen LogP contribution in [0, 0.1) is 6.92 Å². The Balaban J connectivity index is 0.00000312. The molecule has 0 aliphatic rings. The molecule has 0 aliphatic heterocycles. The van der Waals surface area contributed by atoms with Crippen LogP contribution >= 0.6 is 12.4 Å². The van der Waals surface area contributed by atoms with Gasteiger partial charge in [0.05, 0.1) is 0 Å². The van der Waals surface area contributed by atoms with Crippen LogP contribution in [0.5, 0.6) is 0 Å². The number of halogens is 1. The van der Waals surface area contributed by atoms with Crippen LogP contribution in [0.25, 0.3) is 0 Å². The summed E-state index contributed by atoms with van der Waals surface area (Å²) in [6.45, 7) is 1.82. The fourth-order valence-corrected chi connectivity index (χ4v) is 2.46. The second-order valence-electron chi connectivity index (χ2n) is 5.95. The highest BCUT2D eigenvalue weighted by Crippen LogP contribution is 2.21. The minimum Gasteiger partial charge on any atom is -0.345 e. The summed E-state index contributed by atoms with van der Waals surface area (Å²) >= 11 is 0. The van der Waals surface area contributed by atoms with E-state index in [9.17, 15) is 9.59 Å². The number of nitrogens with zero attached hydrogens (tertiary/aromatic N) is 1. The average molecular weight is 362 g/mol. The number of benzene rings is 2. The monoisotopic (exact) mass is 361 g/mol. The summed E-state index contributed by atoms with van der Waals surface area (Å²) in [5.41, 5.74) is 8.96. The van der Waals surface area contributed by atoms with E-state index in [1.807, 2.05) is 37.3 Å². The predicted octanol–water partition coefficient (Wildman–Crippen LogP) is 3.15. The fraction of sp³-hybridized carbons (Fsp3) is 0.263. The maximum atomic E-state index is 12.3. The van der Waals surface area contributed by atoms with Gasteiger partial charge in [-0.1, -0.05) is 36.4 Å². The lowest BCUT2D eigenvalue weighted by Gasteiger charge is -2.16. The zero-order valence-corrected chi connectivity index (χ0v) is 15.5. The first-order valence-corrected chi connectivity index (χ1v) is 7.81. The van der Waals surface area contributed by atoms with Crippen molar-refractivity contribution in [2.24, 2.45) is 5.73 Å². The van der Waals surface area contributed by atoms with Gasteiger partial charge in [-0.2, -0.15) is 0 Å². The zero-order valence-electron chi connectivity index (χ0n) is 14.7. The lowest BCUT2D eigenvalue weighted by molar-refractivity contribution is -0.116. The van der Waals surface area contributed by atoms with E-state index >= 15 is 0 Å². The van der Waals surface area contributed by atoms with Crippen molar-refractivity contribution in [1.82, 2.24) is 4.90 Å². The van der Waals surface area contributed by atoms with Gasteiger partial charge in [-0.25, -0.2) is 0 Å². The van der Waals surface area contributed by atoms with Crippen LogP contribution in [-0.2, 0) is 4.79 Å². The summed E-state index contributed by atoms with van der Waals surface area (Å²) in [6.07, 6.45) is 0.176. The summed E-state index contributed by atoms with van der Waals surface area (Å²) in [5, 5.41) is 2.86. The van der Waals surface area contributed by atoms with Crippen molar-refractivity contribution < 1.29 is 9.59 Å². The van der Waals surface area contributed by atoms with Crippen molar-refractivity contribution in [3.05, 3.63) is 65.2 Å². The summed E-state index contributed by atoms with van der Waals surface area (Å²) in [7, 11) is 3.40. The zero-order chi connectivity index (χ0) is 17.7. The molecule has 2 aromatic carbocycles. The van der Waals surface area contributed by atoms with Crippen molar-refractivity contribution >= 4 is 29.9 Å². The first-order valence-electron chi connectivity index (χ1n) is 7.81. The molecule has 5 nitrogen and oxygen atoms in total. The Morgan fingerprint density at radius 2 is 1.72 bits per heavy atom. The molecule has 134 valence electrons. The normalized spacial score (nSPS) is 11.2. The predicted molar refractivity (Wildman–Crippen MR) is 103 cm³/mol. The van der Waals surface area contributed by atoms with Gasteiger partial charge in [0.1, 0.15) is 0 Å². The van der Waals surface area contributed by atoms with Gasteiger partial charge in [0, 0.05) is 37.8 Å². The van der Waals surface area contributed by atoms with E-state index in [-0.39, 0.29) is 36.7 Å². The van der Waals surface area contributed by atoms with E-state index in [1.54, 1.807) is 32.3 Å². The molecular formula is C19H24ClN3O2. The molecule has 1 unspecified atom stereocenters. The Morgan fingerprint density at radius 1 is 1.08 bits per heavy atom. The van der Waals surface area contributed by atoms with Gasteiger partial charge in [-0.3, -0.25) is 9.59 Å². The molecule has 25 heavy (non-hydrogen) atoms. The van der Waals surface area contributed by atoms with Crippen molar-refractivity contribution in [2.75, 3.05) is 19.4 Å². The van der Waals surface area contributed by atoms with E-state index in [0.29, 0.717) is 11.3 Å². The smallest absolute Gasteiger partial charge is 0.253 e. The van der Waals surface area contributed by atoms with E-state index in [2.05, 4.69) is 5.32 Å². The van der Waals surface area contributed by atoms with Crippen molar-refractivity contribution in [3.8, 4) is 0 Å². The Bertz CT molecular complexity index is 733. The number of rotatable bonds is 5. The maximum Gasteiger partial charge on any atom is 0.253 e. The standard InChI is InChI=1S/C19H23N3O2.ClH/c1-13-15(19(24)22(2)3)10-7-11-17(13)21-18(23)12-16(20)14-8-5-4-6-9-14;/h4-11,16H,12,20H2,1-3H3,(H,21,23);1H. The number of hydrogen-bond donors (Lipinski definition) is 2. The third-order valence-corrected chi connectivity index (χ3v) is 3.88. The van der Waals surface area contributed by atoms with E-state index < -0.39 is 0 Å². The molecule has 3 N–H and O–H groups in total. The van der Waals surface area contributed by atoms with Crippen LogP contribution in [0.3, 0.4) is 0 Å². The number of nitrogens with two attached hydrogens (primary N) is 1. The Morgan fingerprint density at radius 3 is 2.32 bits per heavy atom. The number of amides is 2. The van der Waals surface area contributed by atoms with Crippen LogP contribution in [0.4, 0.5) is 5.69 Å². The minimum absolute atomic E-state index is 0. The second kappa shape index (κ2) is 9.20. The Kier molecular flexibility index (Phi) is 7.61. The fourth-order valence-electron chi connectivity index (χ4n) is 2.46. The van der Waals surface area contributed by atoms with Crippen molar-refractivity contribution in [1.29, 1.82) is 0 Å². The van der Waals surface area contributed by atoms with Gasteiger partial charge in [0.15, 0.2) is 0 Å². The van der Waals surface area contributed by atoms with Gasteiger partial charge in [-0.15, -0.1) is 12.4 Å². The molecule has 0 spiro atoms. The molecule has 1 atom stereocenters. The SMILES string of the molecule is Cc1c(NC(=O)CC(N)c2ccccc2)cccc1C(=O)N(C)C.Cl. The summed E-state index contributed by atoms with van der Waals surface area (Å²) < 4.78 is 0. The quantitative estimate of drug-likeness (QED) is 0.859. The summed E-state index contributed by atoms with van der Waals surface area (Å²) in [4.78, 5) is 25.9. The van der Waals surface area contributed by atoms with Crippen LogP contribution in [-0.4, -0.2) is 30.8 Å². The van der Waals surface area contributed by atoms with Crippen LogP contribution in [0.2, 0.25) is 0 Å². The lowest BCUT2D eigenvalue weighted by atomic mass is 10.0. The molecule has 2 aromatic rings. The van der Waals surface area contributed by atoms with Gasteiger partial charge in [0.25, 0.3) is 5.91 Å². The second-order valence-corrected chi connectivity index (χ2v) is 5.95. The third kappa shape index (κ3) is 5.31. The van der Waals surface area contributed by atoms with Crippen molar-refractivity contribution in [3.63, 3.8) is 0 Å². The number of anilines is 1. The highest BCUT2D eigenvalue weighted by atomic mass is 35.5. The number of nitrogens with one attached hydrogen (secondary N) is 1. The molecule has 0 fully saturated rings. The van der Waals surface area contributed by atoms with Gasteiger partial charge in [-0.05, 0) is 30.2 Å². The number of hydrogen-bond acceptors (Lipinski definition) is 3. The highest BCUT2D eigenvalue weighted by Gasteiger charge is 2.16. The molecule has 0 saturated carbocycles. The number of carbonyl (C=O) groups excluding carboxylic acids is 2. The maximum absolute atomic E-state index is 12.3. The summed E-state index contributed by atoms with van der Waals surface area (Å²) in [6, 6.07) is 14.4. The van der Waals surface area contributed by atoms with Gasteiger partial charge in [0.2, 0.25) is 5.91 Å². The first-order chi connectivity index (χ1) is 11.4. The molecule has 0 heterocycles. The third-order valence-electron chi connectivity index (χ3n) is 3.88. The van der Waals surface area contributed by atoms with E-state index in [1.165, 1.54) is 4.90 Å². The van der Waals surface area contributed by atoms with E-state index in [4.69, 9.17) is 5.73 Å².